The summed E-state index contributed by atoms with van der Waals surface area (Å²) in [7, 11) is 0. The second-order valence-electron chi connectivity index (χ2n) is 6.79. The summed E-state index contributed by atoms with van der Waals surface area (Å²) in [6, 6.07) is 10.6. The van der Waals surface area contributed by atoms with Gasteiger partial charge in [-0.3, -0.25) is 9.59 Å². The lowest BCUT2D eigenvalue weighted by Gasteiger charge is -2.33. The van der Waals surface area contributed by atoms with Crippen molar-refractivity contribution in [2.45, 2.75) is 38.8 Å². The Bertz CT molecular complexity index is 777. The molecule has 0 radical (unpaired) electrons. The largest absolute Gasteiger partial charge is 0.466 e. The standard InChI is InChI=1S/C20H25N3O3/c1-13-12-17(14(2)26-13)19(24)22-16-8-10-23(11-9-16)20(25)18(21)15-6-4-3-5-7-15/h3-7,12,16,18H,8-11,21H2,1-2H3,(H,22,24). The van der Waals surface area contributed by atoms with Gasteiger partial charge in [-0.1, -0.05) is 30.3 Å². The first kappa shape index (κ1) is 18.2. The van der Waals surface area contributed by atoms with Crippen molar-refractivity contribution in [1.82, 2.24) is 10.2 Å². The van der Waals surface area contributed by atoms with Crippen LogP contribution < -0.4 is 11.1 Å². The van der Waals surface area contributed by atoms with Crippen LogP contribution in [0.15, 0.2) is 40.8 Å². The van der Waals surface area contributed by atoms with Crippen molar-refractivity contribution >= 4 is 11.8 Å². The van der Waals surface area contributed by atoms with Gasteiger partial charge in [0.1, 0.15) is 17.6 Å². The molecule has 0 bridgehead atoms. The third kappa shape index (κ3) is 3.96. The monoisotopic (exact) mass is 355 g/mol. The van der Waals surface area contributed by atoms with Crippen LogP contribution in [0.3, 0.4) is 0 Å². The number of aryl methyl sites for hydroxylation is 2. The summed E-state index contributed by atoms with van der Waals surface area (Å²) in [5.41, 5.74) is 7.50. The minimum atomic E-state index is -0.640. The maximum Gasteiger partial charge on any atom is 0.255 e. The molecule has 138 valence electrons. The Hall–Kier alpha value is -2.60. The van der Waals surface area contributed by atoms with Crippen molar-refractivity contribution in [3.8, 4) is 0 Å². The summed E-state index contributed by atoms with van der Waals surface area (Å²) >= 11 is 0. The number of furan rings is 1. The van der Waals surface area contributed by atoms with E-state index in [0.717, 1.165) is 24.2 Å². The number of carbonyl (C=O) groups is 2. The maximum absolute atomic E-state index is 12.6. The topological polar surface area (TPSA) is 88.6 Å². The summed E-state index contributed by atoms with van der Waals surface area (Å²) in [5.74, 6) is 1.16. The smallest absolute Gasteiger partial charge is 0.255 e. The van der Waals surface area contributed by atoms with Crippen molar-refractivity contribution < 1.29 is 14.0 Å². The Morgan fingerprint density at radius 3 is 2.42 bits per heavy atom. The van der Waals surface area contributed by atoms with Gasteiger partial charge in [-0.2, -0.15) is 0 Å². The van der Waals surface area contributed by atoms with Gasteiger partial charge < -0.3 is 20.4 Å². The molecule has 3 N–H and O–H groups in total. The lowest BCUT2D eigenvalue weighted by Crippen LogP contribution is -2.48. The molecule has 3 rings (SSSR count). The van der Waals surface area contributed by atoms with Crippen molar-refractivity contribution in [3.63, 3.8) is 0 Å². The highest BCUT2D eigenvalue weighted by molar-refractivity contribution is 5.95. The average molecular weight is 355 g/mol. The van der Waals surface area contributed by atoms with Crippen LogP contribution in [0.25, 0.3) is 0 Å². The quantitative estimate of drug-likeness (QED) is 0.881. The summed E-state index contributed by atoms with van der Waals surface area (Å²) in [6.45, 7) is 4.79. The van der Waals surface area contributed by atoms with Gasteiger partial charge in [0, 0.05) is 19.1 Å². The zero-order valence-corrected chi connectivity index (χ0v) is 15.2. The number of hydrogen-bond donors (Lipinski definition) is 2. The highest BCUT2D eigenvalue weighted by Gasteiger charge is 2.28. The molecule has 6 nitrogen and oxygen atoms in total. The molecule has 1 aliphatic rings. The van der Waals surface area contributed by atoms with E-state index >= 15 is 0 Å². The Morgan fingerprint density at radius 2 is 1.85 bits per heavy atom. The second kappa shape index (κ2) is 7.74. The SMILES string of the molecule is Cc1cc(C(=O)NC2CCN(C(=O)C(N)c3ccccc3)CC2)c(C)o1. The first-order valence-corrected chi connectivity index (χ1v) is 8.93. The summed E-state index contributed by atoms with van der Waals surface area (Å²) in [5, 5.41) is 3.04. The first-order chi connectivity index (χ1) is 12.5. The molecule has 1 unspecified atom stereocenters. The molecule has 1 fully saturated rings. The van der Waals surface area contributed by atoms with Crippen molar-refractivity contribution in [3.05, 3.63) is 59.0 Å². The predicted octanol–water partition coefficient (Wildman–Crippen LogP) is 2.32. The summed E-state index contributed by atoms with van der Waals surface area (Å²) < 4.78 is 5.41. The molecule has 0 saturated carbocycles. The summed E-state index contributed by atoms with van der Waals surface area (Å²) in [4.78, 5) is 26.8. The number of nitrogens with two attached hydrogens (primary N) is 1. The fourth-order valence-corrected chi connectivity index (χ4v) is 3.36. The lowest BCUT2D eigenvalue weighted by atomic mass is 10.0. The van der Waals surface area contributed by atoms with Gasteiger partial charge in [0.25, 0.3) is 5.91 Å². The maximum atomic E-state index is 12.6. The number of piperidine rings is 1. The Balaban J connectivity index is 1.53. The molecule has 1 atom stereocenters. The molecule has 26 heavy (non-hydrogen) atoms. The second-order valence-corrected chi connectivity index (χ2v) is 6.79. The fourth-order valence-electron chi connectivity index (χ4n) is 3.36. The van der Waals surface area contributed by atoms with Crippen molar-refractivity contribution in [2.24, 2.45) is 5.73 Å². The lowest BCUT2D eigenvalue weighted by molar-refractivity contribution is -0.133. The number of likely N-dealkylation sites (tertiary alicyclic amines) is 1. The molecule has 1 aromatic carbocycles. The highest BCUT2D eigenvalue weighted by atomic mass is 16.3. The van der Waals surface area contributed by atoms with Crippen LogP contribution in [-0.4, -0.2) is 35.8 Å². The number of benzene rings is 1. The van der Waals surface area contributed by atoms with E-state index in [4.69, 9.17) is 10.2 Å². The number of nitrogens with one attached hydrogen (secondary N) is 1. The van der Waals surface area contributed by atoms with Crippen LogP contribution in [0.4, 0.5) is 0 Å². The van der Waals surface area contributed by atoms with Crippen LogP contribution in [0.5, 0.6) is 0 Å². The van der Waals surface area contributed by atoms with E-state index in [1.54, 1.807) is 17.9 Å². The molecule has 0 aliphatic carbocycles. The fraction of sp³-hybridized carbons (Fsp3) is 0.400. The Morgan fingerprint density at radius 1 is 1.19 bits per heavy atom. The molecule has 1 aromatic heterocycles. The number of nitrogens with zero attached hydrogens (tertiary/aromatic N) is 1. The van der Waals surface area contributed by atoms with Crippen molar-refractivity contribution in [1.29, 1.82) is 0 Å². The van der Waals surface area contributed by atoms with Crippen LogP contribution in [-0.2, 0) is 4.79 Å². The van der Waals surface area contributed by atoms with Gasteiger partial charge in [0.15, 0.2) is 0 Å². The number of carbonyl (C=O) groups excluding carboxylic acids is 2. The van der Waals surface area contributed by atoms with E-state index < -0.39 is 6.04 Å². The van der Waals surface area contributed by atoms with E-state index in [9.17, 15) is 9.59 Å². The number of rotatable bonds is 4. The van der Waals surface area contributed by atoms with Gasteiger partial charge in [-0.15, -0.1) is 0 Å². The molecule has 2 heterocycles. The van der Waals surface area contributed by atoms with Crippen LogP contribution in [0.1, 0.15) is 46.3 Å². The minimum Gasteiger partial charge on any atom is -0.466 e. The summed E-state index contributed by atoms with van der Waals surface area (Å²) in [6.07, 6.45) is 1.43. The molecule has 0 spiro atoms. The molecule has 1 aliphatic heterocycles. The third-order valence-electron chi connectivity index (χ3n) is 4.85. The van der Waals surface area contributed by atoms with Gasteiger partial charge in [-0.05, 0) is 38.3 Å². The molecule has 1 saturated heterocycles. The Kier molecular flexibility index (Phi) is 5.42. The third-order valence-corrected chi connectivity index (χ3v) is 4.85. The van der Waals surface area contributed by atoms with Crippen LogP contribution in [0.2, 0.25) is 0 Å². The number of amides is 2. The van der Waals surface area contributed by atoms with E-state index in [-0.39, 0.29) is 17.9 Å². The highest BCUT2D eigenvalue weighted by Crippen LogP contribution is 2.19. The minimum absolute atomic E-state index is 0.0501. The zero-order valence-electron chi connectivity index (χ0n) is 15.2. The van der Waals surface area contributed by atoms with Gasteiger partial charge in [0.2, 0.25) is 5.91 Å². The Labute approximate surface area is 153 Å². The predicted molar refractivity (Wildman–Crippen MR) is 98.6 cm³/mol. The van der Waals surface area contributed by atoms with E-state index in [1.165, 1.54) is 0 Å². The number of hydrogen-bond acceptors (Lipinski definition) is 4. The molecule has 2 aromatic rings. The van der Waals surface area contributed by atoms with Gasteiger partial charge in [-0.25, -0.2) is 0 Å². The van der Waals surface area contributed by atoms with Crippen LogP contribution in [0, 0.1) is 13.8 Å². The van der Waals surface area contributed by atoms with Crippen molar-refractivity contribution in [2.75, 3.05) is 13.1 Å². The molecular weight excluding hydrogens is 330 g/mol. The van der Waals surface area contributed by atoms with Gasteiger partial charge >= 0.3 is 0 Å². The van der Waals surface area contributed by atoms with Crippen LogP contribution >= 0.6 is 0 Å². The average Bonchev–Trinajstić information content (AvgIpc) is 3.00. The molecular formula is C20H25N3O3. The first-order valence-electron chi connectivity index (χ1n) is 8.93. The molecule has 6 heteroatoms. The molecule has 2 amide bonds. The zero-order chi connectivity index (χ0) is 18.7. The normalized spacial score (nSPS) is 16.3. The van der Waals surface area contributed by atoms with Gasteiger partial charge in [0.05, 0.1) is 5.56 Å². The van der Waals surface area contributed by atoms with E-state index in [0.29, 0.717) is 24.4 Å². The van der Waals surface area contributed by atoms with E-state index in [1.807, 2.05) is 37.3 Å². The van der Waals surface area contributed by atoms with E-state index in [2.05, 4.69) is 5.32 Å².